The van der Waals surface area contributed by atoms with E-state index in [1.165, 1.54) is 17.7 Å². The first-order valence-electron chi connectivity index (χ1n) is 6.08. The summed E-state index contributed by atoms with van der Waals surface area (Å²) in [5, 5.41) is 0. The van der Waals surface area contributed by atoms with Gasteiger partial charge in [0.05, 0.1) is 0 Å². The number of ketones is 1. The Morgan fingerprint density at radius 1 is 0.944 bits per heavy atom. The third-order valence-electron chi connectivity index (χ3n) is 2.88. The van der Waals surface area contributed by atoms with Crippen LogP contribution in [0.2, 0.25) is 0 Å². The molecule has 0 heterocycles. The van der Waals surface area contributed by atoms with E-state index in [4.69, 9.17) is 0 Å². The first-order chi connectivity index (χ1) is 8.75. The van der Waals surface area contributed by atoms with Gasteiger partial charge in [0.1, 0.15) is 5.82 Å². The van der Waals surface area contributed by atoms with E-state index in [1.807, 2.05) is 18.2 Å². The second-order valence-electron chi connectivity index (χ2n) is 4.27. The number of hydrogen-bond donors (Lipinski definition) is 0. The third-order valence-corrected chi connectivity index (χ3v) is 2.88. The van der Waals surface area contributed by atoms with E-state index in [2.05, 4.69) is 12.1 Å². The van der Waals surface area contributed by atoms with Crippen LogP contribution in [0.4, 0.5) is 4.39 Å². The van der Waals surface area contributed by atoms with Gasteiger partial charge >= 0.3 is 0 Å². The highest BCUT2D eigenvalue weighted by molar-refractivity contribution is 5.95. The van der Waals surface area contributed by atoms with Crippen LogP contribution < -0.4 is 0 Å². The number of carbonyl (C=O) groups excluding carboxylic acids is 1. The number of Topliss-reactive ketones (excluding diaryl/α,β-unsaturated/α-hetero) is 1. The quantitative estimate of drug-likeness (QED) is 0.723. The predicted octanol–water partition coefficient (Wildman–Crippen LogP) is 4.03. The highest BCUT2D eigenvalue weighted by Gasteiger charge is 2.05. The molecule has 0 atom stereocenters. The molecule has 0 N–H and O–H groups in total. The summed E-state index contributed by atoms with van der Waals surface area (Å²) in [7, 11) is 0. The van der Waals surface area contributed by atoms with Crippen molar-refractivity contribution in [1.29, 1.82) is 0 Å². The molecule has 2 aromatic rings. The predicted molar refractivity (Wildman–Crippen MR) is 70.1 cm³/mol. The summed E-state index contributed by atoms with van der Waals surface area (Å²) in [4.78, 5) is 11.8. The first kappa shape index (κ1) is 12.5. The second-order valence-corrected chi connectivity index (χ2v) is 4.27. The molecule has 0 aliphatic rings. The van der Waals surface area contributed by atoms with Crippen LogP contribution in [0.25, 0.3) is 0 Å². The Morgan fingerprint density at radius 2 is 1.61 bits per heavy atom. The minimum atomic E-state index is -0.309. The van der Waals surface area contributed by atoms with Gasteiger partial charge < -0.3 is 0 Å². The third kappa shape index (κ3) is 3.52. The Labute approximate surface area is 106 Å². The van der Waals surface area contributed by atoms with Crippen LogP contribution in [0.1, 0.15) is 28.8 Å². The molecule has 0 aliphatic carbocycles. The maximum atomic E-state index is 12.7. The van der Waals surface area contributed by atoms with E-state index in [0.29, 0.717) is 12.0 Å². The molecule has 0 fully saturated rings. The molecule has 2 heteroatoms. The fourth-order valence-electron chi connectivity index (χ4n) is 1.88. The van der Waals surface area contributed by atoms with Gasteiger partial charge in [-0.2, -0.15) is 0 Å². The summed E-state index contributed by atoms with van der Waals surface area (Å²) in [6.07, 6.45) is 2.22. The van der Waals surface area contributed by atoms with Crippen LogP contribution in [-0.2, 0) is 6.42 Å². The maximum Gasteiger partial charge on any atom is 0.162 e. The van der Waals surface area contributed by atoms with Crippen molar-refractivity contribution >= 4 is 5.78 Å². The van der Waals surface area contributed by atoms with E-state index >= 15 is 0 Å². The summed E-state index contributed by atoms with van der Waals surface area (Å²) in [6.45, 7) is 0. The number of aryl methyl sites for hydroxylation is 1. The molecule has 2 aromatic carbocycles. The van der Waals surface area contributed by atoms with Crippen molar-refractivity contribution in [3.63, 3.8) is 0 Å². The Bertz CT molecular complexity index is 502. The molecular weight excluding hydrogens is 227 g/mol. The Kier molecular flexibility index (Phi) is 4.24. The van der Waals surface area contributed by atoms with Crippen molar-refractivity contribution in [1.82, 2.24) is 0 Å². The summed E-state index contributed by atoms with van der Waals surface area (Å²) in [6, 6.07) is 15.8. The van der Waals surface area contributed by atoms with E-state index in [0.717, 1.165) is 12.8 Å². The van der Waals surface area contributed by atoms with Crippen LogP contribution in [0.3, 0.4) is 0 Å². The molecule has 1 nitrogen and oxygen atoms in total. The van der Waals surface area contributed by atoms with Crippen LogP contribution >= 0.6 is 0 Å². The molecule has 0 saturated carbocycles. The van der Waals surface area contributed by atoms with Crippen LogP contribution in [0.15, 0.2) is 54.6 Å². The van der Waals surface area contributed by atoms with Crippen molar-refractivity contribution in [2.75, 3.05) is 0 Å². The molecule has 0 spiro atoms. The lowest BCUT2D eigenvalue weighted by atomic mass is 10.0. The van der Waals surface area contributed by atoms with Gasteiger partial charge in [0.25, 0.3) is 0 Å². The lowest BCUT2D eigenvalue weighted by molar-refractivity contribution is 0.0980. The Balaban J connectivity index is 1.84. The summed E-state index contributed by atoms with van der Waals surface area (Å²) in [5.41, 5.74) is 1.83. The maximum absolute atomic E-state index is 12.7. The normalized spacial score (nSPS) is 10.3. The van der Waals surface area contributed by atoms with Gasteiger partial charge in [0.2, 0.25) is 0 Å². The largest absolute Gasteiger partial charge is 0.294 e. The summed E-state index contributed by atoms with van der Waals surface area (Å²) >= 11 is 0. The SMILES string of the molecule is O=C(CCCc1ccccc1)c1ccc(F)cc1. The number of rotatable bonds is 5. The van der Waals surface area contributed by atoms with Crippen LogP contribution in [0, 0.1) is 5.82 Å². The van der Waals surface area contributed by atoms with E-state index in [1.54, 1.807) is 12.1 Å². The molecule has 0 aliphatic heterocycles. The monoisotopic (exact) mass is 242 g/mol. The van der Waals surface area contributed by atoms with E-state index < -0.39 is 0 Å². The molecule has 18 heavy (non-hydrogen) atoms. The van der Waals surface area contributed by atoms with E-state index in [9.17, 15) is 9.18 Å². The first-order valence-corrected chi connectivity index (χ1v) is 6.08. The van der Waals surface area contributed by atoms with Gasteiger partial charge in [-0.05, 0) is 42.7 Å². The standard InChI is InChI=1S/C16H15FO/c17-15-11-9-14(10-12-15)16(18)8-4-7-13-5-2-1-3-6-13/h1-3,5-6,9-12H,4,7-8H2. The smallest absolute Gasteiger partial charge is 0.162 e. The summed E-state index contributed by atoms with van der Waals surface area (Å²) < 4.78 is 12.7. The van der Waals surface area contributed by atoms with Crippen LogP contribution in [0.5, 0.6) is 0 Å². The molecule has 0 bridgehead atoms. The lowest BCUT2D eigenvalue weighted by Crippen LogP contribution is -2.00. The average Bonchev–Trinajstić information content (AvgIpc) is 2.40. The Morgan fingerprint density at radius 3 is 2.28 bits per heavy atom. The van der Waals surface area contributed by atoms with Gasteiger partial charge in [-0.3, -0.25) is 4.79 Å². The molecule has 2 rings (SSSR count). The van der Waals surface area contributed by atoms with E-state index in [-0.39, 0.29) is 11.6 Å². The zero-order chi connectivity index (χ0) is 12.8. The molecule has 0 aromatic heterocycles. The zero-order valence-corrected chi connectivity index (χ0v) is 10.1. The van der Waals surface area contributed by atoms with Crippen molar-refractivity contribution < 1.29 is 9.18 Å². The molecule has 0 radical (unpaired) electrons. The highest BCUT2D eigenvalue weighted by Crippen LogP contribution is 2.10. The van der Waals surface area contributed by atoms with Crippen molar-refractivity contribution in [2.24, 2.45) is 0 Å². The van der Waals surface area contributed by atoms with Crippen molar-refractivity contribution in [3.8, 4) is 0 Å². The van der Waals surface area contributed by atoms with Crippen molar-refractivity contribution in [2.45, 2.75) is 19.3 Å². The number of benzene rings is 2. The Hall–Kier alpha value is -1.96. The average molecular weight is 242 g/mol. The minimum Gasteiger partial charge on any atom is -0.294 e. The van der Waals surface area contributed by atoms with Crippen LogP contribution in [-0.4, -0.2) is 5.78 Å². The summed E-state index contributed by atoms with van der Waals surface area (Å²) in [5.74, 6) is -0.234. The fourth-order valence-corrected chi connectivity index (χ4v) is 1.88. The minimum absolute atomic E-state index is 0.0749. The molecule has 0 saturated heterocycles. The molecule has 0 unspecified atom stereocenters. The second kappa shape index (κ2) is 6.10. The van der Waals surface area contributed by atoms with Gasteiger partial charge in [0, 0.05) is 12.0 Å². The zero-order valence-electron chi connectivity index (χ0n) is 10.1. The van der Waals surface area contributed by atoms with Gasteiger partial charge in [-0.15, -0.1) is 0 Å². The highest BCUT2D eigenvalue weighted by atomic mass is 19.1. The fraction of sp³-hybridized carbons (Fsp3) is 0.188. The molecule has 92 valence electrons. The topological polar surface area (TPSA) is 17.1 Å². The number of halogens is 1. The molecule has 0 amide bonds. The molecular formula is C16H15FO. The van der Waals surface area contributed by atoms with Gasteiger partial charge in [-0.25, -0.2) is 4.39 Å². The lowest BCUT2D eigenvalue weighted by Gasteiger charge is -2.02. The van der Waals surface area contributed by atoms with Gasteiger partial charge in [0.15, 0.2) is 5.78 Å². The number of carbonyl (C=O) groups is 1. The van der Waals surface area contributed by atoms with Crippen molar-refractivity contribution in [3.05, 3.63) is 71.5 Å². The number of hydrogen-bond acceptors (Lipinski definition) is 1. The van der Waals surface area contributed by atoms with Gasteiger partial charge in [-0.1, -0.05) is 30.3 Å².